The van der Waals surface area contributed by atoms with Crippen LogP contribution in [0.1, 0.15) is 47.0 Å². The van der Waals surface area contributed by atoms with Gasteiger partial charge in [-0.05, 0) is 27.2 Å². The summed E-state index contributed by atoms with van der Waals surface area (Å²) in [5.74, 6) is 0.0781. The molecule has 0 saturated heterocycles. The Hall–Kier alpha value is -1.06. The van der Waals surface area contributed by atoms with Gasteiger partial charge >= 0.3 is 0 Å². The number of rotatable bonds is 6. The molecule has 4 heteroatoms. The minimum absolute atomic E-state index is 0.0340. The number of nitrogens with one attached hydrogen (secondary N) is 2. The third kappa shape index (κ3) is 7.97. The van der Waals surface area contributed by atoms with E-state index in [0.29, 0.717) is 19.3 Å². The molecule has 0 aromatic rings. The second-order valence-corrected chi connectivity index (χ2v) is 4.08. The highest BCUT2D eigenvalue weighted by Gasteiger charge is 2.08. The summed E-state index contributed by atoms with van der Waals surface area (Å²) in [4.78, 5) is 22.3. The van der Waals surface area contributed by atoms with Crippen molar-refractivity contribution in [2.24, 2.45) is 0 Å². The van der Waals surface area contributed by atoms with Crippen molar-refractivity contribution < 1.29 is 9.59 Å². The fourth-order valence-electron chi connectivity index (χ4n) is 1.19. The van der Waals surface area contributed by atoms with E-state index in [-0.39, 0.29) is 23.9 Å². The van der Waals surface area contributed by atoms with E-state index in [2.05, 4.69) is 10.6 Å². The molecule has 4 nitrogen and oxygen atoms in total. The van der Waals surface area contributed by atoms with Crippen molar-refractivity contribution in [2.45, 2.75) is 59.0 Å². The predicted octanol–water partition coefficient (Wildman–Crippen LogP) is 1.21. The van der Waals surface area contributed by atoms with Crippen LogP contribution in [0.2, 0.25) is 0 Å². The molecule has 15 heavy (non-hydrogen) atoms. The van der Waals surface area contributed by atoms with Gasteiger partial charge in [0.15, 0.2) is 0 Å². The van der Waals surface area contributed by atoms with Crippen LogP contribution in [0.15, 0.2) is 0 Å². The second-order valence-electron chi connectivity index (χ2n) is 4.08. The fourth-order valence-corrected chi connectivity index (χ4v) is 1.19. The normalized spacial score (nSPS) is 12.3. The van der Waals surface area contributed by atoms with E-state index < -0.39 is 0 Å². The summed E-state index contributed by atoms with van der Waals surface area (Å²) >= 11 is 0. The summed E-state index contributed by atoms with van der Waals surface area (Å²) in [6.07, 6.45) is 1.64. The summed E-state index contributed by atoms with van der Waals surface area (Å²) in [5, 5.41) is 5.63. The Bertz CT molecular complexity index is 215. The number of amides is 2. The van der Waals surface area contributed by atoms with Crippen LogP contribution in [0.5, 0.6) is 0 Å². The molecule has 0 spiro atoms. The van der Waals surface area contributed by atoms with Gasteiger partial charge in [0.25, 0.3) is 0 Å². The average molecular weight is 214 g/mol. The third-order valence-corrected chi connectivity index (χ3v) is 1.98. The Morgan fingerprint density at radius 3 is 2.13 bits per heavy atom. The van der Waals surface area contributed by atoms with Gasteiger partial charge in [0.05, 0.1) is 0 Å². The lowest BCUT2D eigenvalue weighted by Crippen LogP contribution is -2.35. The van der Waals surface area contributed by atoms with Gasteiger partial charge in [-0.3, -0.25) is 9.59 Å². The molecule has 0 aromatic heterocycles. The van der Waals surface area contributed by atoms with Crippen molar-refractivity contribution in [3.8, 4) is 0 Å². The number of hydrogen-bond donors (Lipinski definition) is 2. The lowest BCUT2D eigenvalue weighted by Gasteiger charge is -2.13. The van der Waals surface area contributed by atoms with Gasteiger partial charge in [-0.1, -0.05) is 6.92 Å². The zero-order chi connectivity index (χ0) is 11.8. The Morgan fingerprint density at radius 2 is 1.67 bits per heavy atom. The molecule has 0 fully saturated rings. The molecule has 0 aromatic carbocycles. The van der Waals surface area contributed by atoms with Gasteiger partial charge in [0, 0.05) is 24.9 Å². The standard InChI is InChI=1S/C11H22N2O2/c1-5-10(14)13-9(4)6-7-11(15)12-8(2)3/h8-9H,5-7H2,1-4H3,(H,12,15)(H,13,14). The SMILES string of the molecule is CCC(=O)NC(C)CCC(=O)NC(C)C. The molecule has 0 rings (SSSR count). The average Bonchev–Trinajstić information content (AvgIpc) is 2.13. The van der Waals surface area contributed by atoms with Crippen LogP contribution in [-0.2, 0) is 9.59 Å². The predicted molar refractivity (Wildman–Crippen MR) is 60.4 cm³/mol. The Balaban J connectivity index is 3.66. The summed E-state index contributed by atoms with van der Waals surface area (Å²) in [5.41, 5.74) is 0. The van der Waals surface area contributed by atoms with Crippen LogP contribution >= 0.6 is 0 Å². The Labute approximate surface area is 91.8 Å². The first kappa shape index (κ1) is 13.9. The van der Waals surface area contributed by atoms with E-state index in [1.807, 2.05) is 27.7 Å². The molecule has 2 N–H and O–H groups in total. The van der Waals surface area contributed by atoms with Crippen molar-refractivity contribution in [3.05, 3.63) is 0 Å². The van der Waals surface area contributed by atoms with Crippen molar-refractivity contribution in [2.75, 3.05) is 0 Å². The number of carbonyl (C=O) groups is 2. The monoisotopic (exact) mass is 214 g/mol. The largest absolute Gasteiger partial charge is 0.354 e. The summed E-state index contributed by atoms with van der Waals surface area (Å²) in [6, 6.07) is 0.244. The van der Waals surface area contributed by atoms with Gasteiger partial charge in [0.1, 0.15) is 0 Å². The topological polar surface area (TPSA) is 58.2 Å². The van der Waals surface area contributed by atoms with Crippen LogP contribution < -0.4 is 10.6 Å². The molecule has 2 amide bonds. The maximum absolute atomic E-state index is 11.3. The molecular weight excluding hydrogens is 192 g/mol. The maximum atomic E-state index is 11.3. The lowest BCUT2D eigenvalue weighted by molar-refractivity contribution is -0.123. The van der Waals surface area contributed by atoms with Gasteiger partial charge < -0.3 is 10.6 Å². The van der Waals surface area contributed by atoms with Crippen LogP contribution in [0.3, 0.4) is 0 Å². The molecular formula is C11H22N2O2. The first-order chi connectivity index (χ1) is 6.95. The molecule has 1 atom stereocenters. The fraction of sp³-hybridized carbons (Fsp3) is 0.818. The van der Waals surface area contributed by atoms with Gasteiger partial charge in [-0.2, -0.15) is 0 Å². The third-order valence-electron chi connectivity index (χ3n) is 1.98. The summed E-state index contributed by atoms with van der Waals surface area (Å²) in [7, 11) is 0. The van der Waals surface area contributed by atoms with Gasteiger partial charge in [-0.15, -0.1) is 0 Å². The zero-order valence-corrected chi connectivity index (χ0v) is 10.1. The maximum Gasteiger partial charge on any atom is 0.220 e. The van der Waals surface area contributed by atoms with Crippen LogP contribution in [0.4, 0.5) is 0 Å². The molecule has 0 radical (unpaired) electrons. The van der Waals surface area contributed by atoms with Crippen LogP contribution in [-0.4, -0.2) is 23.9 Å². The minimum atomic E-state index is 0.0340. The Kier molecular flexibility index (Phi) is 6.75. The van der Waals surface area contributed by atoms with Crippen molar-refractivity contribution in [3.63, 3.8) is 0 Å². The van der Waals surface area contributed by atoms with E-state index in [0.717, 1.165) is 0 Å². The van der Waals surface area contributed by atoms with Crippen molar-refractivity contribution in [1.29, 1.82) is 0 Å². The van der Waals surface area contributed by atoms with E-state index >= 15 is 0 Å². The smallest absolute Gasteiger partial charge is 0.220 e. The zero-order valence-electron chi connectivity index (χ0n) is 10.1. The second kappa shape index (κ2) is 7.26. The van der Waals surface area contributed by atoms with Crippen molar-refractivity contribution in [1.82, 2.24) is 10.6 Å². The van der Waals surface area contributed by atoms with Crippen molar-refractivity contribution >= 4 is 11.8 Å². The number of hydrogen-bond acceptors (Lipinski definition) is 2. The molecule has 0 bridgehead atoms. The van der Waals surface area contributed by atoms with Crippen LogP contribution in [0.25, 0.3) is 0 Å². The summed E-state index contributed by atoms with van der Waals surface area (Å²) in [6.45, 7) is 7.59. The van der Waals surface area contributed by atoms with Gasteiger partial charge in [0.2, 0.25) is 11.8 Å². The highest BCUT2D eigenvalue weighted by atomic mass is 16.2. The molecule has 88 valence electrons. The summed E-state index contributed by atoms with van der Waals surface area (Å²) < 4.78 is 0. The number of carbonyl (C=O) groups excluding carboxylic acids is 2. The first-order valence-corrected chi connectivity index (χ1v) is 5.54. The van der Waals surface area contributed by atoms with E-state index in [1.54, 1.807) is 0 Å². The molecule has 0 aliphatic carbocycles. The van der Waals surface area contributed by atoms with E-state index in [1.165, 1.54) is 0 Å². The highest BCUT2D eigenvalue weighted by molar-refractivity contribution is 5.77. The van der Waals surface area contributed by atoms with Gasteiger partial charge in [-0.25, -0.2) is 0 Å². The molecule has 1 unspecified atom stereocenters. The van der Waals surface area contributed by atoms with E-state index in [4.69, 9.17) is 0 Å². The lowest BCUT2D eigenvalue weighted by atomic mass is 10.1. The minimum Gasteiger partial charge on any atom is -0.354 e. The van der Waals surface area contributed by atoms with Crippen LogP contribution in [0, 0.1) is 0 Å². The molecule has 0 heterocycles. The molecule has 0 saturated carbocycles. The molecule has 0 aliphatic heterocycles. The highest BCUT2D eigenvalue weighted by Crippen LogP contribution is 1.97. The first-order valence-electron chi connectivity index (χ1n) is 5.54. The van der Waals surface area contributed by atoms with E-state index in [9.17, 15) is 9.59 Å². The molecule has 0 aliphatic rings. The quantitative estimate of drug-likeness (QED) is 0.698. The Morgan fingerprint density at radius 1 is 1.07 bits per heavy atom.